The summed E-state index contributed by atoms with van der Waals surface area (Å²) in [5.41, 5.74) is 0.614. The van der Waals surface area contributed by atoms with E-state index in [2.05, 4.69) is 5.32 Å². The SMILES string of the molecule is CCCOc1ccc(CO)c(OCC(=O)NCCOC)c1. The molecule has 21 heavy (non-hydrogen) atoms. The van der Waals surface area contributed by atoms with Crippen molar-refractivity contribution in [2.75, 3.05) is 33.5 Å². The molecule has 1 aromatic carbocycles. The van der Waals surface area contributed by atoms with Crippen LogP contribution in [0.1, 0.15) is 18.9 Å². The Balaban J connectivity index is 2.56. The van der Waals surface area contributed by atoms with Crippen molar-refractivity contribution < 1.29 is 24.1 Å². The summed E-state index contributed by atoms with van der Waals surface area (Å²) in [5.74, 6) is 0.868. The van der Waals surface area contributed by atoms with E-state index in [-0.39, 0.29) is 19.1 Å². The van der Waals surface area contributed by atoms with Crippen molar-refractivity contribution in [2.45, 2.75) is 20.0 Å². The lowest BCUT2D eigenvalue weighted by Gasteiger charge is -2.12. The maximum Gasteiger partial charge on any atom is 0.258 e. The Morgan fingerprint density at radius 1 is 1.29 bits per heavy atom. The minimum Gasteiger partial charge on any atom is -0.493 e. The first-order valence-corrected chi connectivity index (χ1v) is 6.96. The molecule has 0 aromatic heterocycles. The average Bonchev–Trinajstić information content (AvgIpc) is 2.51. The van der Waals surface area contributed by atoms with Gasteiger partial charge in [0.05, 0.1) is 19.8 Å². The Kier molecular flexibility index (Phi) is 8.23. The molecule has 0 spiro atoms. The van der Waals surface area contributed by atoms with Crippen LogP contribution in [0.3, 0.4) is 0 Å². The largest absolute Gasteiger partial charge is 0.493 e. The number of methoxy groups -OCH3 is 1. The molecule has 118 valence electrons. The molecule has 2 N–H and O–H groups in total. The van der Waals surface area contributed by atoms with Crippen molar-refractivity contribution in [2.24, 2.45) is 0 Å². The van der Waals surface area contributed by atoms with E-state index in [0.717, 1.165) is 6.42 Å². The fraction of sp³-hybridized carbons (Fsp3) is 0.533. The molecular weight excluding hydrogens is 274 g/mol. The summed E-state index contributed by atoms with van der Waals surface area (Å²) < 4.78 is 15.8. The van der Waals surface area contributed by atoms with Crippen LogP contribution >= 0.6 is 0 Å². The molecule has 0 saturated heterocycles. The summed E-state index contributed by atoms with van der Waals surface area (Å²) in [6.07, 6.45) is 0.903. The first-order chi connectivity index (χ1) is 10.2. The van der Waals surface area contributed by atoms with Gasteiger partial charge in [-0.2, -0.15) is 0 Å². The van der Waals surface area contributed by atoms with Gasteiger partial charge in [-0.25, -0.2) is 0 Å². The molecule has 0 fully saturated rings. The number of carbonyl (C=O) groups is 1. The summed E-state index contributed by atoms with van der Waals surface area (Å²) in [6, 6.07) is 5.18. The van der Waals surface area contributed by atoms with Crippen LogP contribution in [0.4, 0.5) is 0 Å². The smallest absolute Gasteiger partial charge is 0.258 e. The van der Waals surface area contributed by atoms with Crippen LogP contribution in [0.2, 0.25) is 0 Å². The quantitative estimate of drug-likeness (QED) is 0.633. The van der Waals surface area contributed by atoms with Gasteiger partial charge in [0, 0.05) is 25.3 Å². The summed E-state index contributed by atoms with van der Waals surface area (Å²) in [4.78, 5) is 11.6. The highest BCUT2D eigenvalue weighted by Crippen LogP contribution is 2.25. The molecule has 6 heteroatoms. The number of rotatable bonds is 10. The number of hydrogen-bond acceptors (Lipinski definition) is 5. The molecule has 0 atom stereocenters. The second-order valence-electron chi connectivity index (χ2n) is 4.41. The van der Waals surface area contributed by atoms with Gasteiger partial charge in [-0.15, -0.1) is 0 Å². The van der Waals surface area contributed by atoms with E-state index >= 15 is 0 Å². The summed E-state index contributed by atoms with van der Waals surface area (Å²) in [7, 11) is 1.57. The zero-order valence-electron chi connectivity index (χ0n) is 12.6. The molecule has 0 aliphatic carbocycles. The van der Waals surface area contributed by atoms with Gasteiger partial charge in [0.15, 0.2) is 6.61 Å². The van der Waals surface area contributed by atoms with Crippen LogP contribution in [-0.4, -0.2) is 44.5 Å². The predicted molar refractivity (Wildman–Crippen MR) is 78.5 cm³/mol. The molecule has 1 aromatic rings. The molecule has 0 aliphatic heterocycles. The Morgan fingerprint density at radius 2 is 2.10 bits per heavy atom. The predicted octanol–water partition coefficient (Wildman–Crippen LogP) is 1.11. The molecule has 0 saturated carbocycles. The standard InChI is InChI=1S/C15H23NO5/c1-3-7-20-13-5-4-12(10-17)14(9-13)21-11-15(18)16-6-8-19-2/h4-5,9,17H,3,6-8,10-11H2,1-2H3,(H,16,18). The Labute approximate surface area is 125 Å². The fourth-order valence-electron chi connectivity index (χ4n) is 1.60. The van der Waals surface area contributed by atoms with E-state index in [1.54, 1.807) is 25.3 Å². The van der Waals surface area contributed by atoms with Crippen molar-refractivity contribution in [1.82, 2.24) is 5.32 Å². The molecule has 1 rings (SSSR count). The Hall–Kier alpha value is -1.79. The minimum absolute atomic E-state index is 0.117. The average molecular weight is 297 g/mol. The van der Waals surface area contributed by atoms with E-state index < -0.39 is 0 Å². The maximum absolute atomic E-state index is 11.6. The third-order valence-corrected chi connectivity index (χ3v) is 2.67. The van der Waals surface area contributed by atoms with Crippen molar-refractivity contribution in [1.29, 1.82) is 0 Å². The number of amides is 1. The number of hydrogen-bond donors (Lipinski definition) is 2. The summed E-state index contributed by atoms with van der Waals surface area (Å²) >= 11 is 0. The second kappa shape index (κ2) is 10.0. The van der Waals surface area contributed by atoms with E-state index in [1.807, 2.05) is 6.92 Å². The van der Waals surface area contributed by atoms with E-state index in [1.165, 1.54) is 0 Å². The van der Waals surface area contributed by atoms with Crippen LogP contribution in [-0.2, 0) is 16.1 Å². The highest BCUT2D eigenvalue weighted by Gasteiger charge is 2.08. The third kappa shape index (κ3) is 6.46. The zero-order chi connectivity index (χ0) is 15.5. The molecule has 0 radical (unpaired) electrons. The number of aliphatic hydroxyl groups excluding tert-OH is 1. The topological polar surface area (TPSA) is 77.0 Å². The van der Waals surface area contributed by atoms with Crippen molar-refractivity contribution in [3.63, 3.8) is 0 Å². The molecule has 0 aliphatic rings. The summed E-state index contributed by atoms with van der Waals surface area (Å²) in [5, 5.41) is 11.9. The van der Waals surface area contributed by atoms with Gasteiger partial charge in [0.1, 0.15) is 11.5 Å². The monoisotopic (exact) mass is 297 g/mol. The van der Waals surface area contributed by atoms with Gasteiger partial charge in [-0.3, -0.25) is 4.79 Å². The van der Waals surface area contributed by atoms with Crippen LogP contribution in [0.15, 0.2) is 18.2 Å². The highest BCUT2D eigenvalue weighted by molar-refractivity contribution is 5.77. The third-order valence-electron chi connectivity index (χ3n) is 2.67. The number of aliphatic hydroxyl groups is 1. The zero-order valence-corrected chi connectivity index (χ0v) is 12.6. The summed E-state index contributed by atoms with van der Waals surface area (Å²) in [6.45, 7) is 3.24. The van der Waals surface area contributed by atoms with E-state index in [9.17, 15) is 9.90 Å². The lowest BCUT2D eigenvalue weighted by atomic mass is 10.2. The van der Waals surface area contributed by atoms with Crippen LogP contribution in [0, 0.1) is 0 Å². The van der Waals surface area contributed by atoms with Crippen LogP contribution < -0.4 is 14.8 Å². The van der Waals surface area contributed by atoms with Crippen molar-refractivity contribution in [3.8, 4) is 11.5 Å². The fourth-order valence-corrected chi connectivity index (χ4v) is 1.60. The molecule has 0 bridgehead atoms. The number of benzene rings is 1. The minimum atomic E-state index is -0.240. The van der Waals surface area contributed by atoms with Gasteiger partial charge < -0.3 is 24.6 Å². The van der Waals surface area contributed by atoms with Gasteiger partial charge in [-0.1, -0.05) is 6.92 Å². The van der Waals surface area contributed by atoms with E-state index in [4.69, 9.17) is 14.2 Å². The Bertz CT molecular complexity index is 436. The Morgan fingerprint density at radius 3 is 2.76 bits per heavy atom. The first kappa shape index (κ1) is 17.3. The highest BCUT2D eigenvalue weighted by atomic mass is 16.5. The molecule has 1 amide bonds. The van der Waals surface area contributed by atoms with Gasteiger partial charge in [-0.05, 0) is 18.6 Å². The molecule has 0 unspecified atom stereocenters. The van der Waals surface area contributed by atoms with Gasteiger partial charge in [0.25, 0.3) is 5.91 Å². The van der Waals surface area contributed by atoms with Crippen LogP contribution in [0.5, 0.6) is 11.5 Å². The maximum atomic E-state index is 11.6. The lowest BCUT2D eigenvalue weighted by Crippen LogP contribution is -2.31. The molecule has 6 nitrogen and oxygen atoms in total. The number of nitrogens with one attached hydrogen (secondary N) is 1. The normalized spacial score (nSPS) is 10.2. The first-order valence-electron chi connectivity index (χ1n) is 6.96. The second-order valence-corrected chi connectivity index (χ2v) is 4.41. The van der Waals surface area contributed by atoms with Gasteiger partial charge >= 0.3 is 0 Å². The molecular formula is C15H23NO5. The van der Waals surface area contributed by atoms with Crippen molar-refractivity contribution >= 4 is 5.91 Å². The lowest BCUT2D eigenvalue weighted by molar-refractivity contribution is -0.123. The van der Waals surface area contributed by atoms with Crippen molar-refractivity contribution in [3.05, 3.63) is 23.8 Å². The molecule has 0 heterocycles. The van der Waals surface area contributed by atoms with E-state index in [0.29, 0.717) is 36.8 Å². The van der Waals surface area contributed by atoms with Gasteiger partial charge in [0.2, 0.25) is 0 Å². The number of ether oxygens (including phenoxy) is 3. The van der Waals surface area contributed by atoms with Crippen LogP contribution in [0.25, 0.3) is 0 Å². The number of carbonyl (C=O) groups excluding carboxylic acids is 1.